The van der Waals surface area contributed by atoms with Crippen molar-refractivity contribution in [2.45, 2.75) is 13.0 Å². The Morgan fingerprint density at radius 2 is 2.42 bits per heavy atom. The van der Waals surface area contributed by atoms with Gasteiger partial charge in [0.25, 0.3) is 0 Å². The van der Waals surface area contributed by atoms with E-state index >= 15 is 0 Å². The fraction of sp³-hybridized carbons (Fsp3) is 0.857. The molecule has 3 N–H and O–H groups in total. The summed E-state index contributed by atoms with van der Waals surface area (Å²) in [5, 5.41) is 3.24. The van der Waals surface area contributed by atoms with Gasteiger partial charge in [-0.2, -0.15) is 0 Å². The van der Waals surface area contributed by atoms with Crippen LogP contribution in [0.15, 0.2) is 0 Å². The number of carbonyl (C=O) groups excluding carboxylic acids is 1. The maximum absolute atomic E-state index is 10.6. The Morgan fingerprint density at radius 3 is 2.92 bits per heavy atom. The van der Waals surface area contributed by atoms with Crippen LogP contribution in [0.25, 0.3) is 0 Å². The molecule has 1 amide bonds. The van der Waals surface area contributed by atoms with Crippen LogP contribution < -0.4 is 11.1 Å². The van der Waals surface area contributed by atoms with Gasteiger partial charge in [0.15, 0.2) is 0 Å². The van der Waals surface area contributed by atoms with Gasteiger partial charge >= 0.3 is 0 Å². The minimum atomic E-state index is -0.237. The molecule has 4 nitrogen and oxygen atoms in total. The number of primary amides is 1. The summed E-state index contributed by atoms with van der Waals surface area (Å²) in [6.07, 6.45) is 0. The Kier molecular flexibility index (Phi) is 5.20. The smallest absolute Gasteiger partial charge is 0.231 e. The van der Waals surface area contributed by atoms with Gasteiger partial charge in [0.1, 0.15) is 0 Å². The number of rotatable bonds is 2. The largest absolute Gasteiger partial charge is 0.369 e. The summed E-state index contributed by atoms with van der Waals surface area (Å²) < 4.78 is 0. The van der Waals surface area contributed by atoms with E-state index in [-0.39, 0.29) is 18.3 Å². The second-order valence-electron chi connectivity index (χ2n) is 2.99. The van der Waals surface area contributed by atoms with Gasteiger partial charge < -0.3 is 11.1 Å². The van der Waals surface area contributed by atoms with E-state index in [0.29, 0.717) is 12.6 Å². The lowest BCUT2D eigenvalue weighted by molar-refractivity contribution is -0.119. The molecule has 1 heterocycles. The van der Waals surface area contributed by atoms with E-state index in [1.807, 2.05) is 0 Å². The highest BCUT2D eigenvalue weighted by atomic mass is 35.5. The highest BCUT2D eigenvalue weighted by Crippen LogP contribution is 2.00. The summed E-state index contributed by atoms with van der Waals surface area (Å²) >= 11 is 0. The number of piperazine rings is 1. The summed E-state index contributed by atoms with van der Waals surface area (Å²) in [6.45, 7) is 5.31. The van der Waals surface area contributed by atoms with Crippen LogP contribution in [-0.4, -0.2) is 43.0 Å². The van der Waals surface area contributed by atoms with E-state index in [4.69, 9.17) is 5.73 Å². The molecule has 0 spiro atoms. The summed E-state index contributed by atoms with van der Waals surface area (Å²) in [5.74, 6) is -0.237. The molecule has 0 unspecified atom stereocenters. The van der Waals surface area contributed by atoms with Crippen molar-refractivity contribution in [3.05, 3.63) is 0 Å². The highest BCUT2D eigenvalue weighted by Gasteiger charge is 2.18. The SMILES string of the molecule is C[C@@H]1CNCCN1CC(N)=O.Cl. The summed E-state index contributed by atoms with van der Waals surface area (Å²) in [6, 6.07) is 0.427. The molecule has 12 heavy (non-hydrogen) atoms. The molecular weight excluding hydrogens is 178 g/mol. The van der Waals surface area contributed by atoms with Gasteiger partial charge in [-0.3, -0.25) is 9.69 Å². The molecule has 1 aliphatic rings. The zero-order valence-corrected chi connectivity index (χ0v) is 8.06. The number of carbonyl (C=O) groups is 1. The summed E-state index contributed by atoms with van der Waals surface area (Å²) in [7, 11) is 0. The molecule has 0 aliphatic carbocycles. The molecule has 1 atom stereocenters. The molecule has 1 aliphatic heterocycles. The molecule has 1 rings (SSSR count). The van der Waals surface area contributed by atoms with Crippen LogP contribution in [0.5, 0.6) is 0 Å². The first kappa shape index (κ1) is 11.7. The van der Waals surface area contributed by atoms with Crippen LogP contribution in [0.4, 0.5) is 0 Å². The molecule has 0 aromatic rings. The summed E-state index contributed by atoms with van der Waals surface area (Å²) in [4.78, 5) is 12.7. The Labute approximate surface area is 78.9 Å². The Balaban J connectivity index is 0.00000121. The van der Waals surface area contributed by atoms with Crippen molar-refractivity contribution in [1.29, 1.82) is 0 Å². The number of nitrogens with two attached hydrogens (primary N) is 1. The van der Waals surface area contributed by atoms with Crippen molar-refractivity contribution in [2.24, 2.45) is 5.73 Å². The molecule has 72 valence electrons. The average molecular weight is 194 g/mol. The lowest BCUT2D eigenvalue weighted by atomic mass is 10.2. The topological polar surface area (TPSA) is 58.4 Å². The molecule has 0 aromatic heterocycles. The van der Waals surface area contributed by atoms with Crippen molar-refractivity contribution < 1.29 is 4.79 Å². The minimum absolute atomic E-state index is 0. The molecule has 5 heteroatoms. The predicted octanol–water partition coefficient (Wildman–Crippen LogP) is -0.813. The Morgan fingerprint density at radius 1 is 1.75 bits per heavy atom. The molecule has 1 fully saturated rings. The first-order valence-corrected chi connectivity index (χ1v) is 3.93. The van der Waals surface area contributed by atoms with Crippen molar-refractivity contribution in [1.82, 2.24) is 10.2 Å². The zero-order valence-electron chi connectivity index (χ0n) is 7.25. The number of halogens is 1. The van der Waals surface area contributed by atoms with Crippen molar-refractivity contribution in [3.8, 4) is 0 Å². The molecule has 0 bridgehead atoms. The van der Waals surface area contributed by atoms with Gasteiger partial charge in [-0.25, -0.2) is 0 Å². The monoisotopic (exact) mass is 193 g/mol. The van der Waals surface area contributed by atoms with Gasteiger partial charge in [0, 0.05) is 25.7 Å². The van der Waals surface area contributed by atoms with E-state index in [1.54, 1.807) is 0 Å². The van der Waals surface area contributed by atoms with Crippen LogP contribution in [-0.2, 0) is 4.79 Å². The average Bonchev–Trinajstić information content (AvgIpc) is 1.93. The maximum Gasteiger partial charge on any atom is 0.231 e. The van der Waals surface area contributed by atoms with Crippen LogP contribution in [0.1, 0.15) is 6.92 Å². The van der Waals surface area contributed by atoms with Crippen LogP contribution >= 0.6 is 12.4 Å². The number of nitrogens with one attached hydrogen (secondary N) is 1. The normalized spacial score (nSPS) is 24.6. The standard InChI is InChI=1S/C7H15N3O.ClH/c1-6-4-9-2-3-10(6)5-7(8)11;/h6,9H,2-5H2,1H3,(H2,8,11);1H/t6-;/m1./s1. The van der Waals surface area contributed by atoms with E-state index in [0.717, 1.165) is 19.6 Å². The maximum atomic E-state index is 10.6. The molecule has 0 saturated carbocycles. The van der Waals surface area contributed by atoms with Crippen molar-refractivity contribution in [2.75, 3.05) is 26.2 Å². The molecule has 0 radical (unpaired) electrons. The molecule has 0 aromatic carbocycles. The third-order valence-corrected chi connectivity index (χ3v) is 2.00. The van der Waals surface area contributed by atoms with E-state index in [1.165, 1.54) is 0 Å². The van der Waals surface area contributed by atoms with Gasteiger partial charge in [-0.1, -0.05) is 0 Å². The Hall–Kier alpha value is -0.320. The lowest BCUT2D eigenvalue weighted by Crippen LogP contribution is -2.52. The van der Waals surface area contributed by atoms with Crippen molar-refractivity contribution >= 4 is 18.3 Å². The first-order chi connectivity index (χ1) is 5.20. The number of amides is 1. The van der Waals surface area contributed by atoms with Gasteiger partial charge in [0.05, 0.1) is 6.54 Å². The first-order valence-electron chi connectivity index (χ1n) is 3.93. The Bertz CT molecular complexity index is 154. The lowest BCUT2D eigenvalue weighted by Gasteiger charge is -2.32. The predicted molar refractivity (Wildman–Crippen MR) is 50.3 cm³/mol. The van der Waals surface area contributed by atoms with E-state index in [2.05, 4.69) is 17.1 Å². The number of hydrogen-bond acceptors (Lipinski definition) is 3. The zero-order chi connectivity index (χ0) is 8.27. The van der Waals surface area contributed by atoms with Gasteiger partial charge in [-0.05, 0) is 6.92 Å². The van der Waals surface area contributed by atoms with E-state index < -0.39 is 0 Å². The second-order valence-corrected chi connectivity index (χ2v) is 2.99. The van der Waals surface area contributed by atoms with Crippen LogP contribution in [0.2, 0.25) is 0 Å². The molecule has 1 saturated heterocycles. The summed E-state index contributed by atoms with van der Waals surface area (Å²) in [5.41, 5.74) is 5.08. The number of hydrogen-bond donors (Lipinski definition) is 2. The third-order valence-electron chi connectivity index (χ3n) is 2.00. The van der Waals surface area contributed by atoms with E-state index in [9.17, 15) is 4.79 Å². The van der Waals surface area contributed by atoms with Crippen molar-refractivity contribution in [3.63, 3.8) is 0 Å². The number of nitrogens with zero attached hydrogens (tertiary/aromatic N) is 1. The third kappa shape index (κ3) is 3.38. The molecular formula is C7H16ClN3O. The van der Waals surface area contributed by atoms with Crippen LogP contribution in [0.3, 0.4) is 0 Å². The fourth-order valence-corrected chi connectivity index (χ4v) is 1.32. The highest BCUT2D eigenvalue weighted by molar-refractivity contribution is 5.85. The minimum Gasteiger partial charge on any atom is -0.369 e. The second kappa shape index (κ2) is 5.35. The fourth-order valence-electron chi connectivity index (χ4n) is 1.32. The van der Waals surface area contributed by atoms with Crippen LogP contribution in [0, 0.1) is 0 Å². The van der Waals surface area contributed by atoms with Gasteiger partial charge in [-0.15, -0.1) is 12.4 Å². The van der Waals surface area contributed by atoms with Gasteiger partial charge in [0.2, 0.25) is 5.91 Å². The quantitative estimate of drug-likeness (QED) is 0.603.